The standard InChI is InChI=1S/C10H17NO/c1-10(2,3)9(12)8-4-6-11-7-5-8/h4,11H,5-7H2,1-3H3. The van der Waals surface area contributed by atoms with Crippen molar-refractivity contribution in [3.63, 3.8) is 0 Å². The molecule has 1 aliphatic heterocycles. The van der Waals surface area contributed by atoms with Gasteiger partial charge in [0, 0.05) is 12.0 Å². The molecule has 0 bridgehead atoms. The molecule has 0 saturated heterocycles. The Kier molecular flexibility index (Phi) is 2.68. The predicted octanol–water partition coefficient (Wildman–Crippen LogP) is 1.52. The first-order valence-corrected chi connectivity index (χ1v) is 4.46. The van der Waals surface area contributed by atoms with Gasteiger partial charge in [-0.15, -0.1) is 0 Å². The molecule has 0 atom stereocenters. The van der Waals surface area contributed by atoms with Crippen molar-refractivity contribution in [1.82, 2.24) is 5.32 Å². The van der Waals surface area contributed by atoms with Crippen LogP contribution < -0.4 is 5.32 Å². The largest absolute Gasteiger partial charge is 0.313 e. The third-order valence-corrected chi connectivity index (χ3v) is 2.04. The number of hydrogen-bond donors (Lipinski definition) is 1. The summed E-state index contributed by atoms with van der Waals surface area (Å²) in [6.45, 7) is 7.69. The molecule has 0 amide bonds. The second-order valence-corrected chi connectivity index (χ2v) is 4.26. The van der Waals surface area contributed by atoms with Crippen LogP contribution in [-0.2, 0) is 4.79 Å². The van der Waals surface area contributed by atoms with E-state index in [-0.39, 0.29) is 5.41 Å². The Balaban J connectivity index is 2.70. The van der Waals surface area contributed by atoms with Crippen molar-refractivity contribution >= 4 is 5.78 Å². The minimum Gasteiger partial charge on any atom is -0.313 e. The Morgan fingerprint density at radius 3 is 2.58 bits per heavy atom. The van der Waals surface area contributed by atoms with Crippen LogP contribution in [0.15, 0.2) is 11.6 Å². The molecule has 1 rings (SSSR count). The van der Waals surface area contributed by atoms with Gasteiger partial charge in [0.2, 0.25) is 0 Å². The van der Waals surface area contributed by atoms with Gasteiger partial charge in [-0.2, -0.15) is 0 Å². The van der Waals surface area contributed by atoms with Gasteiger partial charge in [0.1, 0.15) is 0 Å². The molecule has 0 fully saturated rings. The molecule has 0 unspecified atom stereocenters. The highest BCUT2D eigenvalue weighted by Crippen LogP contribution is 2.22. The number of hydrogen-bond acceptors (Lipinski definition) is 2. The fourth-order valence-corrected chi connectivity index (χ4v) is 1.31. The minimum absolute atomic E-state index is 0.219. The van der Waals surface area contributed by atoms with E-state index in [9.17, 15) is 4.79 Å². The van der Waals surface area contributed by atoms with Crippen molar-refractivity contribution in [3.8, 4) is 0 Å². The second kappa shape index (κ2) is 3.40. The third-order valence-electron chi connectivity index (χ3n) is 2.04. The van der Waals surface area contributed by atoms with E-state index < -0.39 is 0 Å². The number of ketones is 1. The molecule has 0 aliphatic carbocycles. The zero-order valence-corrected chi connectivity index (χ0v) is 8.11. The zero-order chi connectivity index (χ0) is 9.19. The monoisotopic (exact) mass is 167 g/mol. The molecule has 2 nitrogen and oxygen atoms in total. The van der Waals surface area contributed by atoms with Crippen LogP contribution in [0.1, 0.15) is 27.2 Å². The summed E-state index contributed by atoms with van der Waals surface area (Å²) in [5.41, 5.74) is 0.782. The van der Waals surface area contributed by atoms with Gasteiger partial charge in [-0.25, -0.2) is 0 Å². The van der Waals surface area contributed by atoms with Gasteiger partial charge in [-0.3, -0.25) is 4.79 Å². The Hall–Kier alpha value is -0.630. The Labute approximate surface area is 74.0 Å². The lowest BCUT2D eigenvalue weighted by Gasteiger charge is -2.21. The molecule has 0 spiro atoms. The molecule has 2 heteroatoms. The van der Waals surface area contributed by atoms with Crippen LogP contribution in [0.25, 0.3) is 0 Å². The molecule has 1 aliphatic rings. The fourth-order valence-electron chi connectivity index (χ4n) is 1.31. The van der Waals surface area contributed by atoms with Crippen LogP contribution in [0.2, 0.25) is 0 Å². The minimum atomic E-state index is -0.219. The Bertz CT molecular complexity index is 210. The Morgan fingerprint density at radius 2 is 2.17 bits per heavy atom. The maximum Gasteiger partial charge on any atom is 0.163 e. The highest BCUT2D eigenvalue weighted by molar-refractivity contribution is 5.99. The van der Waals surface area contributed by atoms with Crippen LogP contribution >= 0.6 is 0 Å². The van der Waals surface area contributed by atoms with Crippen molar-refractivity contribution in [3.05, 3.63) is 11.6 Å². The van der Waals surface area contributed by atoms with E-state index >= 15 is 0 Å². The lowest BCUT2D eigenvalue weighted by molar-refractivity contribution is -0.122. The lowest BCUT2D eigenvalue weighted by Crippen LogP contribution is -2.29. The van der Waals surface area contributed by atoms with E-state index in [0.29, 0.717) is 5.78 Å². The van der Waals surface area contributed by atoms with Crippen LogP contribution in [0.3, 0.4) is 0 Å². The molecular weight excluding hydrogens is 150 g/mol. The van der Waals surface area contributed by atoms with E-state index in [1.165, 1.54) is 0 Å². The molecule has 1 heterocycles. The van der Waals surface area contributed by atoms with E-state index in [1.807, 2.05) is 26.8 Å². The van der Waals surface area contributed by atoms with Crippen LogP contribution in [0.5, 0.6) is 0 Å². The SMILES string of the molecule is CC(C)(C)C(=O)C1=CCNCC1. The average molecular weight is 167 g/mol. The predicted molar refractivity (Wildman–Crippen MR) is 50.0 cm³/mol. The van der Waals surface area contributed by atoms with E-state index in [0.717, 1.165) is 25.1 Å². The van der Waals surface area contributed by atoms with Gasteiger partial charge >= 0.3 is 0 Å². The van der Waals surface area contributed by atoms with E-state index in [2.05, 4.69) is 5.32 Å². The first-order valence-electron chi connectivity index (χ1n) is 4.46. The summed E-state index contributed by atoms with van der Waals surface area (Å²) in [6.07, 6.45) is 2.90. The highest BCUT2D eigenvalue weighted by atomic mass is 16.1. The van der Waals surface area contributed by atoms with Gasteiger partial charge in [-0.1, -0.05) is 26.8 Å². The van der Waals surface area contributed by atoms with Crippen LogP contribution in [0.4, 0.5) is 0 Å². The quantitative estimate of drug-likeness (QED) is 0.641. The third kappa shape index (κ3) is 2.18. The van der Waals surface area contributed by atoms with Crippen molar-refractivity contribution in [2.24, 2.45) is 5.41 Å². The fraction of sp³-hybridized carbons (Fsp3) is 0.700. The molecule has 0 aromatic heterocycles. The molecule has 12 heavy (non-hydrogen) atoms. The second-order valence-electron chi connectivity index (χ2n) is 4.26. The first-order chi connectivity index (χ1) is 5.52. The van der Waals surface area contributed by atoms with Crippen molar-refractivity contribution < 1.29 is 4.79 Å². The summed E-state index contributed by atoms with van der Waals surface area (Å²) in [7, 11) is 0. The van der Waals surface area contributed by atoms with E-state index in [4.69, 9.17) is 0 Å². The highest BCUT2D eigenvalue weighted by Gasteiger charge is 2.24. The van der Waals surface area contributed by atoms with Crippen LogP contribution in [-0.4, -0.2) is 18.9 Å². The van der Waals surface area contributed by atoms with Crippen molar-refractivity contribution in [2.75, 3.05) is 13.1 Å². The molecule has 0 aromatic rings. The maximum absolute atomic E-state index is 11.7. The first kappa shape index (κ1) is 9.46. The van der Waals surface area contributed by atoms with Crippen molar-refractivity contribution in [1.29, 1.82) is 0 Å². The van der Waals surface area contributed by atoms with Crippen LogP contribution in [0, 0.1) is 5.41 Å². The molecule has 0 radical (unpaired) electrons. The average Bonchev–Trinajstić information content (AvgIpc) is 2.03. The summed E-state index contributed by atoms with van der Waals surface area (Å²) in [5.74, 6) is 0.295. The number of Topliss-reactive ketones (excluding diaryl/α,β-unsaturated/α-hetero) is 1. The van der Waals surface area contributed by atoms with Gasteiger partial charge in [0.05, 0.1) is 0 Å². The topological polar surface area (TPSA) is 29.1 Å². The normalized spacial score (nSPS) is 18.8. The van der Waals surface area contributed by atoms with Crippen molar-refractivity contribution in [2.45, 2.75) is 27.2 Å². The smallest absolute Gasteiger partial charge is 0.163 e. The summed E-state index contributed by atoms with van der Waals surface area (Å²) in [6, 6.07) is 0. The van der Waals surface area contributed by atoms with Gasteiger partial charge in [0.15, 0.2) is 5.78 Å². The Morgan fingerprint density at radius 1 is 1.50 bits per heavy atom. The summed E-state index contributed by atoms with van der Waals surface area (Å²) < 4.78 is 0. The lowest BCUT2D eigenvalue weighted by atomic mass is 9.84. The number of rotatable bonds is 1. The number of carbonyl (C=O) groups excluding carboxylic acids is 1. The zero-order valence-electron chi connectivity index (χ0n) is 8.11. The molecular formula is C10H17NO. The molecule has 0 saturated carbocycles. The molecule has 0 aromatic carbocycles. The number of nitrogens with one attached hydrogen (secondary N) is 1. The maximum atomic E-state index is 11.7. The number of carbonyl (C=O) groups is 1. The molecule has 1 N–H and O–H groups in total. The van der Waals surface area contributed by atoms with Gasteiger partial charge in [0.25, 0.3) is 0 Å². The summed E-state index contributed by atoms with van der Waals surface area (Å²) in [4.78, 5) is 11.7. The summed E-state index contributed by atoms with van der Waals surface area (Å²) >= 11 is 0. The van der Waals surface area contributed by atoms with Gasteiger partial charge < -0.3 is 5.32 Å². The summed E-state index contributed by atoms with van der Waals surface area (Å²) in [5, 5.41) is 3.19. The molecule has 68 valence electrons. The van der Waals surface area contributed by atoms with E-state index in [1.54, 1.807) is 0 Å². The van der Waals surface area contributed by atoms with Gasteiger partial charge in [-0.05, 0) is 18.5 Å².